The van der Waals surface area contributed by atoms with Gasteiger partial charge in [0, 0.05) is 78.5 Å². The van der Waals surface area contributed by atoms with Crippen molar-refractivity contribution in [1.82, 2.24) is 19.6 Å². The van der Waals surface area contributed by atoms with Crippen molar-refractivity contribution in [3.8, 4) is 0 Å². The van der Waals surface area contributed by atoms with Gasteiger partial charge in [-0.2, -0.15) is 0 Å². The van der Waals surface area contributed by atoms with E-state index in [1.54, 1.807) is 0 Å². The lowest BCUT2D eigenvalue weighted by Gasteiger charge is -2.34. The Bertz CT molecular complexity index is 498. The van der Waals surface area contributed by atoms with E-state index in [4.69, 9.17) is 20.4 Å². The molecule has 1 fully saturated rings. The standard InChI is InChI=1S/C20H36N4O8/c25-17(26)1-5-21-9-11-22(6-2-18(27)28)13-15-24(8-4-20(31)32)16-14-23(12-10-21)7-3-19(29)30/h1-16H2,(H,25,26)(H,27,28)(H,29,30)(H,31,32). The zero-order chi connectivity index (χ0) is 23.9. The lowest BCUT2D eigenvalue weighted by atomic mass is 10.2. The average molecular weight is 461 g/mol. The third-order valence-corrected chi connectivity index (χ3v) is 5.50. The number of aliphatic carboxylic acids is 4. The van der Waals surface area contributed by atoms with Crippen LogP contribution in [0.5, 0.6) is 0 Å². The van der Waals surface area contributed by atoms with E-state index in [9.17, 15) is 19.2 Å². The Morgan fingerprint density at radius 1 is 0.406 bits per heavy atom. The summed E-state index contributed by atoms with van der Waals surface area (Å²) >= 11 is 0. The summed E-state index contributed by atoms with van der Waals surface area (Å²) in [7, 11) is 0. The summed E-state index contributed by atoms with van der Waals surface area (Å²) in [6, 6.07) is 0. The highest BCUT2D eigenvalue weighted by molar-refractivity contribution is 5.67. The maximum Gasteiger partial charge on any atom is 0.304 e. The molecule has 12 heteroatoms. The maximum absolute atomic E-state index is 11.0. The summed E-state index contributed by atoms with van der Waals surface area (Å²) < 4.78 is 0. The quantitative estimate of drug-likeness (QED) is 0.284. The van der Waals surface area contributed by atoms with E-state index in [0.29, 0.717) is 78.5 Å². The molecule has 0 bridgehead atoms. The van der Waals surface area contributed by atoms with Crippen LogP contribution in [-0.2, 0) is 19.2 Å². The number of hydrogen-bond acceptors (Lipinski definition) is 8. The van der Waals surface area contributed by atoms with Gasteiger partial charge >= 0.3 is 23.9 Å². The van der Waals surface area contributed by atoms with Crippen LogP contribution in [0.1, 0.15) is 25.7 Å². The van der Waals surface area contributed by atoms with Crippen LogP contribution >= 0.6 is 0 Å². The van der Waals surface area contributed by atoms with E-state index in [1.165, 1.54) is 0 Å². The van der Waals surface area contributed by atoms with Crippen LogP contribution in [0.2, 0.25) is 0 Å². The number of rotatable bonds is 12. The number of hydrogen-bond donors (Lipinski definition) is 4. The molecule has 1 heterocycles. The molecule has 4 N–H and O–H groups in total. The van der Waals surface area contributed by atoms with Crippen molar-refractivity contribution >= 4 is 23.9 Å². The maximum atomic E-state index is 11.0. The summed E-state index contributed by atoms with van der Waals surface area (Å²) in [6.07, 6.45) is -0.0269. The molecule has 1 saturated heterocycles. The first-order chi connectivity index (χ1) is 15.2. The van der Waals surface area contributed by atoms with Crippen molar-refractivity contribution in [2.45, 2.75) is 25.7 Å². The van der Waals surface area contributed by atoms with Crippen molar-refractivity contribution in [2.75, 3.05) is 78.5 Å². The van der Waals surface area contributed by atoms with Crippen molar-refractivity contribution in [3.63, 3.8) is 0 Å². The van der Waals surface area contributed by atoms with Crippen molar-refractivity contribution in [1.29, 1.82) is 0 Å². The highest BCUT2D eigenvalue weighted by Gasteiger charge is 2.18. The molecule has 0 aromatic carbocycles. The molecule has 0 aliphatic carbocycles. The molecule has 184 valence electrons. The second-order valence-electron chi connectivity index (χ2n) is 7.94. The smallest absolute Gasteiger partial charge is 0.304 e. The Morgan fingerprint density at radius 2 is 0.562 bits per heavy atom. The SMILES string of the molecule is O=C(O)CCN1CCN(CCC(=O)O)CCN(CCC(=O)O)CCN(CCC(=O)O)CC1. The van der Waals surface area contributed by atoms with Gasteiger partial charge in [0.1, 0.15) is 0 Å². The summed E-state index contributed by atoms with van der Waals surface area (Å²) in [5.74, 6) is -3.57. The number of nitrogens with zero attached hydrogens (tertiary/aromatic N) is 4. The van der Waals surface area contributed by atoms with Crippen molar-refractivity contribution < 1.29 is 39.6 Å². The zero-order valence-electron chi connectivity index (χ0n) is 18.5. The summed E-state index contributed by atoms with van der Waals surface area (Å²) in [5.41, 5.74) is 0. The number of carboxylic acid groups (broad SMARTS) is 4. The summed E-state index contributed by atoms with van der Waals surface area (Å²) in [4.78, 5) is 52.1. The molecule has 32 heavy (non-hydrogen) atoms. The Kier molecular flexibility index (Phi) is 13.5. The molecule has 0 aromatic heterocycles. The Hall–Kier alpha value is -2.28. The van der Waals surface area contributed by atoms with Crippen molar-refractivity contribution in [2.24, 2.45) is 0 Å². The topological polar surface area (TPSA) is 162 Å². The molecule has 0 unspecified atom stereocenters. The molecule has 1 aliphatic heterocycles. The van der Waals surface area contributed by atoms with Crippen LogP contribution < -0.4 is 0 Å². The first-order valence-electron chi connectivity index (χ1n) is 10.9. The minimum absolute atomic E-state index is 0.00673. The first kappa shape index (κ1) is 27.8. The molecule has 0 aromatic rings. The molecule has 0 atom stereocenters. The molecule has 1 aliphatic rings. The van der Waals surface area contributed by atoms with Crippen LogP contribution in [0, 0.1) is 0 Å². The second-order valence-corrected chi connectivity index (χ2v) is 7.94. The van der Waals surface area contributed by atoms with Crippen LogP contribution in [0.25, 0.3) is 0 Å². The van der Waals surface area contributed by atoms with Gasteiger partial charge in [-0.1, -0.05) is 0 Å². The van der Waals surface area contributed by atoms with Gasteiger partial charge in [0.2, 0.25) is 0 Å². The predicted octanol–water partition coefficient (Wildman–Crippen LogP) is -0.893. The summed E-state index contributed by atoms with van der Waals surface area (Å²) in [6.45, 7) is 5.96. The van der Waals surface area contributed by atoms with E-state index in [1.807, 2.05) is 19.6 Å². The molecule has 0 amide bonds. The fraction of sp³-hybridized carbons (Fsp3) is 0.800. The average Bonchev–Trinajstić information content (AvgIpc) is 2.70. The highest BCUT2D eigenvalue weighted by atomic mass is 16.4. The lowest BCUT2D eigenvalue weighted by Crippen LogP contribution is -2.47. The molecule has 0 spiro atoms. The Morgan fingerprint density at radius 3 is 0.688 bits per heavy atom. The van der Waals surface area contributed by atoms with Gasteiger partial charge in [-0.05, 0) is 0 Å². The van der Waals surface area contributed by atoms with Gasteiger partial charge in [-0.3, -0.25) is 19.2 Å². The highest BCUT2D eigenvalue weighted by Crippen LogP contribution is 2.04. The minimum Gasteiger partial charge on any atom is -0.481 e. The normalized spacial score (nSPS) is 18.5. The van der Waals surface area contributed by atoms with Gasteiger partial charge < -0.3 is 40.0 Å². The lowest BCUT2D eigenvalue weighted by molar-refractivity contribution is -0.138. The third-order valence-electron chi connectivity index (χ3n) is 5.50. The third kappa shape index (κ3) is 13.9. The fourth-order valence-electron chi connectivity index (χ4n) is 3.49. The van der Waals surface area contributed by atoms with Gasteiger partial charge in [0.15, 0.2) is 0 Å². The molecule has 0 saturated carbocycles. The monoisotopic (exact) mass is 460 g/mol. The van der Waals surface area contributed by atoms with Crippen molar-refractivity contribution in [3.05, 3.63) is 0 Å². The van der Waals surface area contributed by atoms with Gasteiger partial charge in [-0.15, -0.1) is 0 Å². The van der Waals surface area contributed by atoms with Crippen LogP contribution in [0.3, 0.4) is 0 Å². The van der Waals surface area contributed by atoms with Gasteiger partial charge in [0.05, 0.1) is 25.7 Å². The first-order valence-corrected chi connectivity index (χ1v) is 10.9. The molecule has 1 rings (SSSR count). The Labute approximate surface area is 188 Å². The molecular weight excluding hydrogens is 424 g/mol. The van der Waals surface area contributed by atoms with Crippen LogP contribution in [-0.4, -0.2) is 142 Å². The Balaban J connectivity index is 2.88. The van der Waals surface area contributed by atoms with E-state index in [2.05, 4.69) is 0 Å². The second kappa shape index (κ2) is 15.5. The van der Waals surface area contributed by atoms with Crippen LogP contribution in [0.15, 0.2) is 0 Å². The summed E-state index contributed by atoms with van der Waals surface area (Å²) in [5, 5.41) is 36.2. The minimum atomic E-state index is -0.893. The van der Waals surface area contributed by atoms with E-state index < -0.39 is 23.9 Å². The van der Waals surface area contributed by atoms with E-state index >= 15 is 0 Å². The zero-order valence-corrected chi connectivity index (χ0v) is 18.5. The van der Waals surface area contributed by atoms with E-state index in [-0.39, 0.29) is 25.7 Å². The molecular formula is C20H36N4O8. The molecule has 12 nitrogen and oxygen atoms in total. The largest absolute Gasteiger partial charge is 0.481 e. The fourth-order valence-corrected chi connectivity index (χ4v) is 3.49. The van der Waals surface area contributed by atoms with Gasteiger partial charge in [0.25, 0.3) is 0 Å². The van der Waals surface area contributed by atoms with Gasteiger partial charge in [-0.25, -0.2) is 0 Å². The number of carboxylic acids is 4. The number of carbonyl (C=O) groups is 4. The predicted molar refractivity (Wildman–Crippen MR) is 115 cm³/mol. The van der Waals surface area contributed by atoms with Crippen LogP contribution in [0.4, 0.5) is 0 Å². The van der Waals surface area contributed by atoms with E-state index in [0.717, 1.165) is 0 Å². The molecule has 0 radical (unpaired) electrons.